The van der Waals surface area contributed by atoms with Crippen molar-refractivity contribution in [2.45, 2.75) is 24.8 Å². The number of fused-ring (bicyclic) bond motifs is 1. The van der Waals surface area contributed by atoms with Crippen LogP contribution in [0, 0.1) is 0 Å². The molecule has 6 heteroatoms. The van der Waals surface area contributed by atoms with Gasteiger partial charge in [-0.2, -0.15) is 0 Å². The lowest BCUT2D eigenvalue weighted by atomic mass is 9.99. The third-order valence-corrected chi connectivity index (χ3v) is 3.71. The number of anilines is 1. The molecule has 6 nitrogen and oxygen atoms in total. The maximum Gasteiger partial charge on any atom is 0.249 e. The van der Waals surface area contributed by atoms with E-state index in [1.165, 1.54) is 0 Å². The molecule has 3 N–H and O–H groups in total. The molecular weight excluding hydrogens is 258 g/mol. The Labute approximate surface area is 115 Å². The Morgan fingerprint density at radius 3 is 2.85 bits per heavy atom. The van der Waals surface area contributed by atoms with Gasteiger partial charge in [-0.25, -0.2) is 0 Å². The van der Waals surface area contributed by atoms with Gasteiger partial charge in [-0.15, -0.1) is 0 Å². The molecule has 2 atom stereocenters. The molecule has 0 radical (unpaired) electrons. The lowest BCUT2D eigenvalue weighted by Gasteiger charge is -2.23. The first-order valence-corrected chi connectivity index (χ1v) is 6.62. The molecule has 0 spiro atoms. The van der Waals surface area contributed by atoms with E-state index in [0.29, 0.717) is 13.0 Å². The van der Waals surface area contributed by atoms with E-state index in [4.69, 9.17) is 0 Å². The van der Waals surface area contributed by atoms with Gasteiger partial charge in [0.1, 0.15) is 6.04 Å². The minimum atomic E-state index is -0.618. The number of imide groups is 1. The van der Waals surface area contributed by atoms with Crippen molar-refractivity contribution in [3.63, 3.8) is 0 Å². The summed E-state index contributed by atoms with van der Waals surface area (Å²) in [6, 6.07) is 7.01. The van der Waals surface area contributed by atoms with Crippen LogP contribution in [0.25, 0.3) is 0 Å². The Morgan fingerprint density at radius 1 is 1.25 bits per heavy atom. The average Bonchev–Trinajstić information content (AvgIpc) is 2.86. The number of para-hydroxylation sites is 1. The van der Waals surface area contributed by atoms with Gasteiger partial charge in [0.05, 0.1) is 5.92 Å². The summed E-state index contributed by atoms with van der Waals surface area (Å²) in [5.74, 6) is -1.18. The van der Waals surface area contributed by atoms with E-state index in [-0.39, 0.29) is 24.2 Å². The minimum Gasteiger partial charge on any atom is -0.384 e. The first-order valence-electron chi connectivity index (χ1n) is 6.62. The lowest BCUT2D eigenvalue weighted by Crippen LogP contribution is -2.53. The molecule has 20 heavy (non-hydrogen) atoms. The van der Waals surface area contributed by atoms with Crippen molar-refractivity contribution in [1.82, 2.24) is 10.6 Å². The molecule has 3 rings (SSSR count). The highest BCUT2D eigenvalue weighted by Gasteiger charge is 2.33. The van der Waals surface area contributed by atoms with Crippen LogP contribution in [0.2, 0.25) is 0 Å². The molecule has 2 aliphatic rings. The molecule has 3 amide bonds. The maximum atomic E-state index is 12.3. The molecule has 1 aromatic rings. The predicted molar refractivity (Wildman–Crippen MR) is 72.0 cm³/mol. The number of hydrogen-bond acceptors (Lipinski definition) is 4. The van der Waals surface area contributed by atoms with Gasteiger partial charge in [0.15, 0.2) is 0 Å². The van der Waals surface area contributed by atoms with Crippen LogP contribution in [-0.4, -0.2) is 30.3 Å². The lowest BCUT2D eigenvalue weighted by molar-refractivity contribution is -0.137. The zero-order chi connectivity index (χ0) is 14.1. The molecule has 2 unspecified atom stereocenters. The van der Waals surface area contributed by atoms with Crippen molar-refractivity contribution < 1.29 is 14.4 Å². The van der Waals surface area contributed by atoms with E-state index < -0.39 is 11.9 Å². The topological polar surface area (TPSA) is 87.3 Å². The fraction of sp³-hybridized carbons (Fsp3) is 0.357. The SMILES string of the molecule is O=C1CCC(NC(=O)C2CNc3ccccc32)C(=O)N1. The summed E-state index contributed by atoms with van der Waals surface area (Å²) in [6.07, 6.45) is 0.619. The number of hydrogen-bond donors (Lipinski definition) is 3. The summed E-state index contributed by atoms with van der Waals surface area (Å²) in [5, 5.41) is 8.14. The normalized spacial score (nSPS) is 24.6. The third kappa shape index (κ3) is 2.24. The van der Waals surface area contributed by atoms with Crippen molar-refractivity contribution in [2.75, 3.05) is 11.9 Å². The van der Waals surface area contributed by atoms with E-state index in [9.17, 15) is 14.4 Å². The first kappa shape index (κ1) is 12.7. The molecular formula is C14H15N3O3. The van der Waals surface area contributed by atoms with E-state index in [1.54, 1.807) is 0 Å². The van der Waals surface area contributed by atoms with E-state index in [0.717, 1.165) is 11.3 Å². The van der Waals surface area contributed by atoms with Crippen LogP contribution < -0.4 is 16.0 Å². The van der Waals surface area contributed by atoms with Crippen molar-refractivity contribution in [3.05, 3.63) is 29.8 Å². The van der Waals surface area contributed by atoms with E-state index >= 15 is 0 Å². The quantitative estimate of drug-likeness (QED) is 0.668. The van der Waals surface area contributed by atoms with Crippen LogP contribution in [0.15, 0.2) is 24.3 Å². The number of amides is 3. The fourth-order valence-corrected chi connectivity index (χ4v) is 2.62. The molecule has 1 aromatic carbocycles. The second-order valence-electron chi connectivity index (χ2n) is 5.03. The highest BCUT2D eigenvalue weighted by Crippen LogP contribution is 2.31. The van der Waals surface area contributed by atoms with Crippen LogP contribution in [0.5, 0.6) is 0 Å². The zero-order valence-electron chi connectivity index (χ0n) is 10.8. The molecule has 0 aliphatic carbocycles. The predicted octanol–water partition coefficient (Wildman–Crippen LogP) is 0.117. The smallest absolute Gasteiger partial charge is 0.249 e. The Hall–Kier alpha value is -2.37. The molecule has 0 saturated carbocycles. The van der Waals surface area contributed by atoms with Crippen LogP contribution in [0.1, 0.15) is 24.3 Å². The second kappa shape index (κ2) is 4.96. The van der Waals surface area contributed by atoms with Gasteiger partial charge in [0, 0.05) is 18.7 Å². The Bertz CT molecular complexity index is 585. The van der Waals surface area contributed by atoms with Crippen molar-refractivity contribution in [3.8, 4) is 0 Å². The Kier molecular flexibility index (Phi) is 3.14. The molecule has 0 aromatic heterocycles. The Morgan fingerprint density at radius 2 is 2.05 bits per heavy atom. The molecule has 0 bridgehead atoms. The van der Waals surface area contributed by atoms with E-state index in [1.807, 2.05) is 24.3 Å². The number of rotatable bonds is 2. The maximum absolute atomic E-state index is 12.3. The van der Waals surface area contributed by atoms with Gasteiger partial charge in [0.25, 0.3) is 0 Å². The molecule has 104 valence electrons. The summed E-state index contributed by atoms with van der Waals surface area (Å²) < 4.78 is 0. The van der Waals surface area contributed by atoms with Gasteiger partial charge in [0.2, 0.25) is 17.7 Å². The summed E-state index contributed by atoms with van der Waals surface area (Å²) in [4.78, 5) is 35.0. The number of carbonyl (C=O) groups is 3. The average molecular weight is 273 g/mol. The van der Waals surface area contributed by atoms with Gasteiger partial charge in [-0.3, -0.25) is 19.7 Å². The fourth-order valence-electron chi connectivity index (χ4n) is 2.62. The Balaban J connectivity index is 1.69. The third-order valence-electron chi connectivity index (χ3n) is 3.71. The zero-order valence-corrected chi connectivity index (χ0v) is 10.8. The number of nitrogens with one attached hydrogen (secondary N) is 3. The number of carbonyl (C=O) groups excluding carboxylic acids is 3. The van der Waals surface area contributed by atoms with Gasteiger partial charge < -0.3 is 10.6 Å². The molecule has 2 heterocycles. The van der Waals surface area contributed by atoms with Crippen LogP contribution in [-0.2, 0) is 14.4 Å². The van der Waals surface area contributed by atoms with Gasteiger partial charge in [-0.1, -0.05) is 18.2 Å². The number of piperidine rings is 1. The second-order valence-corrected chi connectivity index (χ2v) is 5.03. The van der Waals surface area contributed by atoms with Gasteiger partial charge >= 0.3 is 0 Å². The van der Waals surface area contributed by atoms with Crippen molar-refractivity contribution >= 4 is 23.4 Å². The monoisotopic (exact) mass is 273 g/mol. The standard InChI is InChI=1S/C14H15N3O3/c18-12-6-5-11(14(20)17-12)16-13(19)9-7-15-10-4-2-1-3-8(9)10/h1-4,9,11,15H,5-7H2,(H,16,19)(H,17,18,20). The summed E-state index contributed by atoms with van der Waals surface area (Å²) in [7, 11) is 0. The minimum absolute atomic E-state index is 0.183. The summed E-state index contributed by atoms with van der Waals surface area (Å²) >= 11 is 0. The van der Waals surface area contributed by atoms with E-state index in [2.05, 4.69) is 16.0 Å². The first-order chi connectivity index (χ1) is 9.65. The number of benzene rings is 1. The largest absolute Gasteiger partial charge is 0.384 e. The van der Waals surface area contributed by atoms with Gasteiger partial charge in [-0.05, 0) is 18.1 Å². The van der Waals surface area contributed by atoms with Crippen molar-refractivity contribution in [2.24, 2.45) is 0 Å². The van der Waals surface area contributed by atoms with Crippen LogP contribution >= 0.6 is 0 Å². The summed E-state index contributed by atoms with van der Waals surface area (Å²) in [5.41, 5.74) is 1.90. The van der Waals surface area contributed by atoms with Crippen LogP contribution in [0.4, 0.5) is 5.69 Å². The van der Waals surface area contributed by atoms with Crippen LogP contribution in [0.3, 0.4) is 0 Å². The molecule has 2 aliphatic heterocycles. The summed E-state index contributed by atoms with van der Waals surface area (Å²) in [6.45, 7) is 0.526. The highest BCUT2D eigenvalue weighted by molar-refractivity contribution is 6.02. The van der Waals surface area contributed by atoms with Crippen molar-refractivity contribution in [1.29, 1.82) is 0 Å². The molecule has 1 saturated heterocycles. The molecule has 1 fully saturated rings. The highest BCUT2D eigenvalue weighted by atomic mass is 16.2.